The third-order valence-corrected chi connectivity index (χ3v) is 5.13. The summed E-state index contributed by atoms with van der Waals surface area (Å²) in [5, 5.41) is 5.16. The summed E-state index contributed by atoms with van der Waals surface area (Å²) in [6.07, 6.45) is 1.16. The normalized spacial score (nSPS) is 16.2. The molecule has 29 heavy (non-hydrogen) atoms. The molecule has 1 N–H and O–H groups in total. The van der Waals surface area contributed by atoms with E-state index in [1.54, 1.807) is 4.90 Å². The molecule has 1 aliphatic rings. The summed E-state index contributed by atoms with van der Waals surface area (Å²) in [6.45, 7) is 3.10. The average Bonchev–Trinajstić information content (AvgIpc) is 3.14. The second-order valence-corrected chi connectivity index (χ2v) is 7.30. The first kappa shape index (κ1) is 19.0. The molecule has 0 spiro atoms. The fraction of sp³-hybridized carbons (Fsp3) is 0.250. The maximum absolute atomic E-state index is 12.7. The van der Waals surface area contributed by atoms with Crippen molar-refractivity contribution < 1.29 is 14.3 Å². The Morgan fingerprint density at radius 2 is 1.83 bits per heavy atom. The number of amides is 2. The van der Waals surface area contributed by atoms with Crippen molar-refractivity contribution in [2.75, 3.05) is 23.4 Å². The Hall–Kier alpha value is -3.34. The molecule has 1 aliphatic heterocycles. The summed E-state index contributed by atoms with van der Waals surface area (Å²) in [7, 11) is 0. The number of benzene rings is 3. The number of anilines is 2. The molecule has 1 atom stereocenters. The number of hydrogen-bond acceptors (Lipinski definition) is 3. The van der Waals surface area contributed by atoms with E-state index in [0.29, 0.717) is 13.2 Å². The van der Waals surface area contributed by atoms with Crippen LogP contribution in [0.2, 0.25) is 0 Å². The van der Waals surface area contributed by atoms with E-state index in [-0.39, 0.29) is 24.2 Å². The van der Waals surface area contributed by atoms with Crippen molar-refractivity contribution in [3.05, 3.63) is 66.7 Å². The highest BCUT2D eigenvalue weighted by Crippen LogP contribution is 2.28. The Balaban J connectivity index is 1.42. The molecule has 148 valence electrons. The second kappa shape index (κ2) is 8.35. The van der Waals surface area contributed by atoms with Gasteiger partial charge >= 0.3 is 0 Å². The predicted octanol–water partition coefficient (Wildman–Crippen LogP) is 4.62. The van der Waals surface area contributed by atoms with Crippen LogP contribution in [0.4, 0.5) is 11.4 Å². The maximum atomic E-state index is 12.7. The highest BCUT2D eigenvalue weighted by atomic mass is 16.5. The van der Waals surface area contributed by atoms with Gasteiger partial charge in [-0.05, 0) is 53.6 Å². The summed E-state index contributed by atoms with van der Waals surface area (Å²) in [4.78, 5) is 26.9. The molecule has 3 aromatic carbocycles. The van der Waals surface area contributed by atoms with Crippen molar-refractivity contribution in [3.8, 4) is 5.75 Å². The van der Waals surface area contributed by atoms with Gasteiger partial charge in [0.25, 0.3) is 0 Å². The Kier molecular flexibility index (Phi) is 5.47. The number of nitrogens with one attached hydrogen (secondary N) is 1. The van der Waals surface area contributed by atoms with E-state index in [2.05, 4.69) is 12.2 Å². The molecule has 1 heterocycles. The Labute approximate surface area is 170 Å². The Morgan fingerprint density at radius 3 is 2.59 bits per heavy atom. The zero-order chi connectivity index (χ0) is 20.2. The Morgan fingerprint density at radius 1 is 1.07 bits per heavy atom. The molecule has 0 aliphatic carbocycles. The topological polar surface area (TPSA) is 58.6 Å². The Bertz CT molecular complexity index is 1030. The first-order valence-corrected chi connectivity index (χ1v) is 9.97. The van der Waals surface area contributed by atoms with E-state index >= 15 is 0 Å². The van der Waals surface area contributed by atoms with Gasteiger partial charge in [0, 0.05) is 24.3 Å². The molecule has 5 nitrogen and oxygen atoms in total. The van der Waals surface area contributed by atoms with Crippen LogP contribution in [0.3, 0.4) is 0 Å². The second-order valence-electron chi connectivity index (χ2n) is 7.30. The highest BCUT2D eigenvalue weighted by Gasteiger charge is 2.35. The quantitative estimate of drug-likeness (QED) is 0.670. The zero-order valence-corrected chi connectivity index (χ0v) is 16.4. The van der Waals surface area contributed by atoms with Crippen LogP contribution in [0.15, 0.2) is 66.7 Å². The van der Waals surface area contributed by atoms with Crippen molar-refractivity contribution in [1.29, 1.82) is 0 Å². The number of ether oxygens (including phenoxy) is 1. The number of carbonyl (C=O) groups excluding carboxylic acids is 2. The highest BCUT2D eigenvalue weighted by molar-refractivity contribution is 6.04. The van der Waals surface area contributed by atoms with E-state index in [1.165, 1.54) is 0 Å². The minimum Gasteiger partial charge on any atom is -0.494 e. The van der Waals surface area contributed by atoms with Crippen LogP contribution in [0, 0.1) is 5.92 Å². The number of fused-ring (bicyclic) bond motifs is 1. The van der Waals surface area contributed by atoms with E-state index in [1.807, 2.05) is 66.7 Å². The molecule has 4 rings (SSSR count). The van der Waals surface area contributed by atoms with Crippen molar-refractivity contribution in [2.24, 2.45) is 5.92 Å². The maximum Gasteiger partial charge on any atom is 0.229 e. The third-order valence-electron chi connectivity index (χ3n) is 5.13. The van der Waals surface area contributed by atoms with Gasteiger partial charge in [0.05, 0.1) is 12.5 Å². The lowest BCUT2D eigenvalue weighted by molar-refractivity contribution is -0.122. The van der Waals surface area contributed by atoms with Gasteiger partial charge < -0.3 is 15.0 Å². The molecule has 0 radical (unpaired) electrons. The van der Waals surface area contributed by atoms with E-state index in [0.717, 1.165) is 34.3 Å². The molecular weight excluding hydrogens is 364 g/mol. The van der Waals surface area contributed by atoms with Gasteiger partial charge in [-0.2, -0.15) is 0 Å². The van der Waals surface area contributed by atoms with Gasteiger partial charge in [-0.25, -0.2) is 0 Å². The molecule has 1 unspecified atom stereocenters. The van der Waals surface area contributed by atoms with Crippen LogP contribution < -0.4 is 15.0 Å². The van der Waals surface area contributed by atoms with Gasteiger partial charge in [0.15, 0.2) is 0 Å². The SMILES string of the molecule is CCCOc1ccc(N2CC(C(=O)Nc3ccc4ccccc4c3)CC2=O)cc1. The first-order valence-electron chi connectivity index (χ1n) is 9.97. The van der Waals surface area contributed by atoms with Crippen LogP contribution in [0.5, 0.6) is 5.75 Å². The van der Waals surface area contributed by atoms with E-state index in [9.17, 15) is 9.59 Å². The number of hydrogen-bond donors (Lipinski definition) is 1. The number of nitrogens with zero attached hydrogens (tertiary/aromatic N) is 1. The monoisotopic (exact) mass is 388 g/mol. The van der Waals surface area contributed by atoms with E-state index in [4.69, 9.17) is 4.74 Å². The summed E-state index contributed by atoms with van der Waals surface area (Å²) in [5.41, 5.74) is 1.54. The van der Waals surface area contributed by atoms with Gasteiger partial charge in [-0.1, -0.05) is 37.3 Å². The average molecular weight is 388 g/mol. The smallest absolute Gasteiger partial charge is 0.229 e. The molecule has 1 saturated heterocycles. The van der Waals surface area contributed by atoms with Gasteiger partial charge in [-0.3, -0.25) is 9.59 Å². The number of rotatable bonds is 6. The minimum atomic E-state index is -0.370. The summed E-state index contributed by atoms with van der Waals surface area (Å²) in [6, 6.07) is 21.3. The molecule has 0 aromatic heterocycles. The molecular formula is C24H24N2O3. The predicted molar refractivity (Wildman–Crippen MR) is 115 cm³/mol. The molecule has 1 fully saturated rings. The van der Waals surface area contributed by atoms with E-state index < -0.39 is 0 Å². The lowest BCUT2D eigenvalue weighted by atomic mass is 10.1. The molecule has 0 saturated carbocycles. The molecule has 5 heteroatoms. The largest absolute Gasteiger partial charge is 0.494 e. The molecule has 2 amide bonds. The van der Waals surface area contributed by atoms with Crippen LogP contribution in [0.1, 0.15) is 19.8 Å². The van der Waals surface area contributed by atoms with Crippen LogP contribution in [0.25, 0.3) is 10.8 Å². The van der Waals surface area contributed by atoms with Gasteiger partial charge in [0.1, 0.15) is 5.75 Å². The zero-order valence-electron chi connectivity index (χ0n) is 16.4. The van der Waals surface area contributed by atoms with Crippen molar-refractivity contribution in [1.82, 2.24) is 0 Å². The third kappa shape index (κ3) is 4.24. The molecule has 0 bridgehead atoms. The van der Waals surface area contributed by atoms with Gasteiger partial charge in [0.2, 0.25) is 11.8 Å². The standard InChI is InChI=1S/C24H24N2O3/c1-2-13-29-22-11-9-21(10-12-22)26-16-19(15-23(26)27)24(28)25-20-8-7-17-5-3-4-6-18(17)14-20/h3-12,14,19H,2,13,15-16H2,1H3,(H,25,28). The molecule has 3 aromatic rings. The van der Waals surface area contributed by atoms with Crippen LogP contribution in [-0.4, -0.2) is 25.0 Å². The van der Waals surface area contributed by atoms with Crippen LogP contribution >= 0.6 is 0 Å². The van der Waals surface area contributed by atoms with Crippen molar-refractivity contribution in [3.63, 3.8) is 0 Å². The lowest BCUT2D eigenvalue weighted by Gasteiger charge is -2.17. The number of carbonyl (C=O) groups is 2. The van der Waals surface area contributed by atoms with Crippen LogP contribution in [-0.2, 0) is 9.59 Å². The summed E-state index contributed by atoms with van der Waals surface area (Å²) < 4.78 is 5.59. The lowest BCUT2D eigenvalue weighted by Crippen LogP contribution is -2.28. The van der Waals surface area contributed by atoms with Gasteiger partial charge in [-0.15, -0.1) is 0 Å². The minimum absolute atomic E-state index is 0.0362. The fourth-order valence-corrected chi connectivity index (χ4v) is 3.59. The first-order chi connectivity index (χ1) is 14.1. The summed E-state index contributed by atoms with van der Waals surface area (Å²) >= 11 is 0. The van der Waals surface area contributed by atoms with Crippen molar-refractivity contribution >= 4 is 34.0 Å². The summed E-state index contributed by atoms with van der Waals surface area (Å²) in [5.74, 6) is 0.253. The fourth-order valence-electron chi connectivity index (χ4n) is 3.59. The van der Waals surface area contributed by atoms with Crippen molar-refractivity contribution in [2.45, 2.75) is 19.8 Å².